The predicted molar refractivity (Wildman–Crippen MR) is 98.1 cm³/mol. The van der Waals surface area contributed by atoms with Crippen molar-refractivity contribution in [2.75, 3.05) is 26.7 Å². The fourth-order valence-electron chi connectivity index (χ4n) is 2.28. The van der Waals surface area contributed by atoms with Gasteiger partial charge in [-0.15, -0.1) is 0 Å². The average molecular weight is 317 g/mol. The van der Waals surface area contributed by atoms with Crippen LogP contribution in [0.2, 0.25) is 0 Å². The molecule has 1 saturated heterocycles. The van der Waals surface area contributed by atoms with Crippen molar-refractivity contribution in [1.29, 1.82) is 0 Å². The van der Waals surface area contributed by atoms with Gasteiger partial charge in [0.05, 0.1) is 17.6 Å². The number of ether oxygens (including phenoxy) is 1. The summed E-state index contributed by atoms with van der Waals surface area (Å²) >= 11 is 0. The summed E-state index contributed by atoms with van der Waals surface area (Å²) in [5.41, 5.74) is 2.65. The molecular formula is C19H31N3O. The van der Waals surface area contributed by atoms with E-state index in [1.54, 1.807) is 0 Å². The van der Waals surface area contributed by atoms with Crippen molar-refractivity contribution in [2.45, 2.75) is 47.0 Å². The van der Waals surface area contributed by atoms with Gasteiger partial charge in [0.25, 0.3) is 0 Å². The third-order valence-electron chi connectivity index (χ3n) is 3.47. The van der Waals surface area contributed by atoms with Gasteiger partial charge in [0.1, 0.15) is 5.69 Å². The van der Waals surface area contributed by atoms with E-state index in [1.165, 1.54) is 25.9 Å². The molecule has 1 aromatic heterocycles. The molecule has 0 spiro atoms. The molecule has 1 aliphatic rings. The average Bonchev–Trinajstić information content (AvgIpc) is 3.06. The first-order chi connectivity index (χ1) is 11.2. The van der Waals surface area contributed by atoms with Crippen LogP contribution in [0.3, 0.4) is 0 Å². The van der Waals surface area contributed by atoms with Crippen LogP contribution >= 0.6 is 0 Å². The molecule has 0 radical (unpaired) electrons. The highest BCUT2D eigenvalue weighted by Crippen LogP contribution is 2.17. The number of benzene rings is 1. The third kappa shape index (κ3) is 6.53. The minimum absolute atomic E-state index is 0.649. The first-order valence-corrected chi connectivity index (χ1v) is 8.75. The van der Waals surface area contributed by atoms with Gasteiger partial charge in [-0.1, -0.05) is 32.9 Å². The summed E-state index contributed by atoms with van der Waals surface area (Å²) in [7, 11) is 2.17. The van der Waals surface area contributed by atoms with Crippen LogP contribution in [0.25, 0.3) is 11.0 Å². The maximum atomic E-state index is 5.52. The third-order valence-corrected chi connectivity index (χ3v) is 3.47. The van der Waals surface area contributed by atoms with Crippen LogP contribution in [0.15, 0.2) is 24.3 Å². The van der Waals surface area contributed by atoms with Gasteiger partial charge < -0.3 is 9.64 Å². The van der Waals surface area contributed by atoms with E-state index < -0.39 is 0 Å². The Morgan fingerprint density at radius 3 is 2.09 bits per heavy atom. The van der Waals surface area contributed by atoms with Crippen molar-refractivity contribution in [3.63, 3.8) is 0 Å². The van der Waals surface area contributed by atoms with Crippen LogP contribution in [0.5, 0.6) is 5.88 Å². The molecular weight excluding hydrogens is 286 g/mol. The van der Waals surface area contributed by atoms with Gasteiger partial charge in [0, 0.05) is 0 Å². The number of hydrogen-bond donors (Lipinski definition) is 0. The Morgan fingerprint density at radius 1 is 1.04 bits per heavy atom. The minimum atomic E-state index is 0.649. The summed E-state index contributed by atoms with van der Waals surface area (Å²) in [5, 5.41) is 0. The molecule has 4 nitrogen and oxygen atoms in total. The Balaban J connectivity index is 0.000000276. The van der Waals surface area contributed by atoms with E-state index in [9.17, 15) is 0 Å². The Hall–Kier alpha value is -1.68. The number of para-hydroxylation sites is 2. The van der Waals surface area contributed by atoms with Crippen molar-refractivity contribution in [3.05, 3.63) is 30.0 Å². The van der Waals surface area contributed by atoms with Gasteiger partial charge in [-0.3, -0.25) is 0 Å². The van der Waals surface area contributed by atoms with Crippen molar-refractivity contribution in [1.82, 2.24) is 14.9 Å². The number of fused-ring (bicyclic) bond motifs is 1. The Morgan fingerprint density at radius 2 is 1.61 bits per heavy atom. The summed E-state index contributed by atoms with van der Waals surface area (Å²) in [6, 6.07) is 7.82. The molecule has 3 rings (SSSR count). The lowest BCUT2D eigenvalue weighted by Crippen LogP contribution is -2.10. The van der Waals surface area contributed by atoms with E-state index in [4.69, 9.17) is 4.74 Å². The van der Waals surface area contributed by atoms with Crippen molar-refractivity contribution >= 4 is 11.0 Å². The molecule has 1 fully saturated rings. The van der Waals surface area contributed by atoms with Crippen LogP contribution in [0.4, 0.5) is 0 Å². The molecule has 2 heterocycles. The summed E-state index contributed by atoms with van der Waals surface area (Å²) in [4.78, 5) is 11.2. The molecule has 0 atom stereocenters. The fraction of sp³-hybridized carbons (Fsp3) is 0.579. The Kier molecular flexibility index (Phi) is 9.22. The van der Waals surface area contributed by atoms with Gasteiger partial charge >= 0.3 is 0 Å². The minimum Gasteiger partial charge on any atom is -0.476 e. The summed E-state index contributed by atoms with van der Waals surface area (Å²) in [6.45, 7) is 11.3. The van der Waals surface area contributed by atoms with Crippen molar-refractivity contribution < 1.29 is 4.74 Å². The van der Waals surface area contributed by atoms with E-state index in [1.807, 2.05) is 45.0 Å². The van der Waals surface area contributed by atoms with Gasteiger partial charge in [-0.25, -0.2) is 9.97 Å². The number of nitrogens with zero attached hydrogens (tertiary/aromatic N) is 3. The summed E-state index contributed by atoms with van der Waals surface area (Å²) in [5.74, 6) is 0.649. The molecule has 1 aromatic carbocycles. The molecule has 0 amide bonds. The molecule has 0 saturated carbocycles. The summed E-state index contributed by atoms with van der Waals surface area (Å²) < 4.78 is 5.52. The first-order valence-electron chi connectivity index (χ1n) is 8.75. The van der Waals surface area contributed by atoms with Crippen LogP contribution < -0.4 is 4.74 Å². The second-order valence-electron chi connectivity index (χ2n) is 5.46. The van der Waals surface area contributed by atoms with Crippen LogP contribution in [0.1, 0.15) is 45.7 Å². The highest BCUT2D eigenvalue weighted by atomic mass is 16.5. The van der Waals surface area contributed by atoms with Gasteiger partial charge in [0.15, 0.2) is 0 Å². The highest BCUT2D eigenvalue weighted by molar-refractivity contribution is 5.74. The highest BCUT2D eigenvalue weighted by Gasteiger charge is 2.05. The Bertz CT molecular complexity index is 566. The predicted octanol–water partition coefficient (Wildman–Crippen LogP) is 4.47. The largest absolute Gasteiger partial charge is 0.476 e. The number of likely N-dealkylation sites (tertiary alicyclic amines) is 1. The van der Waals surface area contributed by atoms with Crippen molar-refractivity contribution in [2.24, 2.45) is 0 Å². The lowest BCUT2D eigenvalue weighted by atomic mass is 10.3. The molecule has 0 unspecified atom stereocenters. The van der Waals surface area contributed by atoms with Gasteiger partial charge in [-0.2, -0.15) is 0 Å². The molecule has 2 aromatic rings. The quantitative estimate of drug-likeness (QED) is 0.837. The van der Waals surface area contributed by atoms with E-state index in [0.29, 0.717) is 12.5 Å². The maximum absolute atomic E-state index is 5.52. The molecule has 128 valence electrons. The summed E-state index contributed by atoms with van der Waals surface area (Å²) in [6.07, 6.45) is 3.81. The van der Waals surface area contributed by atoms with E-state index in [2.05, 4.69) is 28.8 Å². The first kappa shape index (κ1) is 19.4. The molecule has 1 aliphatic heterocycles. The second-order valence-corrected chi connectivity index (χ2v) is 5.46. The molecule has 0 bridgehead atoms. The lowest BCUT2D eigenvalue weighted by molar-refractivity contribution is 0.302. The zero-order chi connectivity index (χ0) is 17.1. The number of aromatic nitrogens is 2. The van der Waals surface area contributed by atoms with Crippen molar-refractivity contribution in [3.8, 4) is 5.88 Å². The zero-order valence-electron chi connectivity index (χ0n) is 15.3. The standard InChI is InChI=1S/C12H14N2O.C5H11N.C2H6/c1-3-8-15-12-9(2)13-10-6-4-5-7-11(10)14-12;1-6-4-2-3-5-6;1-2/h4-7H,3,8H2,1-2H3;2-5H2,1H3;1-2H3. The fourth-order valence-corrected chi connectivity index (χ4v) is 2.28. The second kappa shape index (κ2) is 10.9. The molecule has 0 N–H and O–H groups in total. The van der Waals surface area contributed by atoms with E-state index >= 15 is 0 Å². The van der Waals surface area contributed by atoms with Gasteiger partial charge in [-0.05, 0) is 58.5 Å². The molecule has 4 heteroatoms. The van der Waals surface area contributed by atoms with E-state index in [0.717, 1.165) is 23.1 Å². The van der Waals surface area contributed by atoms with Gasteiger partial charge in [0.2, 0.25) is 5.88 Å². The molecule has 0 aliphatic carbocycles. The maximum Gasteiger partial charge on any atom is 0.235 e. The Labute approximate surface area is 140 Å². The number of rotatable bonds is 3. The monoisotopic (exact) mass is 317 g/mol. The van der Waals surface area contributed by atoms with Crippen LogP contribution in [0, 0.1) is 6.92 Å². The van der Waals surface area contributed by atoms with Crippen LogP contribution in [-0.2, 0) is 0 Å². The SMILES string of the molecule is CC.CCCOc1nc2ccccc2nc1C.CN1CCCC1. The smallest absolute Gasteiger partial charge is 0.235 e. The number of hydrogen-bond acceptors (Lipinski definition) is 4. The topological polar surface area (TPSA) is 38.3 Å². The lowest BCUT2D eigenvalue weighted by Gasteiger charge is -2.07. The number of aryl methyl sites for hydroxylation is 1. The molecule has 23 heavy (non-hydrogen) atoms. The zero-order valence-corrected chi connectivity index (χ0v) is 15.3. The van der Waals surface area contributed by atoms with Crippen LogP contribution in [-0.4, -0.2) is 41.6 Å². The van der Waals surface area contributed by atoms with E-state index in [-0.39, 0.29) is 0 Å². The normalized spacial score (nSPS) is 13.8.